The highest BCUT2D eigenvalue weighted by Crippen LogP contribution is 2.27. The van der Waals surface area contributed by atoms with Gasteiger partial charge in [-0.3, -0.25) is 20.6 Å². The van der Waals surface area contributed by atoms with E-state index in [4.69, 9.17) is 15.9 Å². The number of rotatable bonds is 5. The van der Waals surface area contributed by atoms with Crippen molar-refractivity contribution in [2.24, 2.45) is 0 Å². The van der Waals surface area contributed by atoms with Gasteiger partial charge in [-0.15, -0.1) is 0 Å². The molecule has 3 heterocycles. The molecular formula is C23H22N8O2Si+. The van der Waals surface area contributed by atoms with Gasteiger partial charge in [0.1, 0.15) is 45.1 Å². The molecule has 0 bridgehead atoms. The summed E-state index contributed by atoms with van der Waals surface area (Å²) in [5, 5.41) is 17.6. The Morgan fingerprint density at radius 3 is 3.06 bits per heavy atom. The number of H-pyrrole nitrogens is 1. The number of amides is 1. The number of carbonyl (C=O) groups excluding carboxylic acids is 1. The maximum absolute atomic E-state index is 12.3. The number of quaternary nitrogens is 1. The number of nitrogen functional groups attached to an aromatic ring is 1. The molecule has 3 aromatic rings. The zero-order chi connectivity index (χ0) is 24.3. The molecule has 1 atom stereocenters. The van der Waals surface area contributed by atoms with Crippen LogP contribution in [0.25, 0.3) is 10.9 Å². The topological polar surface area (TPSA) is 150 Å². The Balaban J connectivity index is 1.62. The number of fused-ring (bicyclic) bond motifs is 1. The van der Waals surface area contributed by atoms with Gasteiger partial charge in [-0.2, -0.15) is 10.1 Å². The lowest BCUT2D eigenvalue weighted by Crippen LogP contribution is -2.94. The van der Waals surface area contributed by atoms with Gasteiger partial charge >= 0.3 is 0 Å². The average molecular weight is 471 g/mol. The summed E-state index contributed by atoms with van der Waals surface area (Å²) in [6, 6.07) is 5.61. The fourth-order valence-corrected chi connectivity index (χ4v) is 4.26. The number of aromatic nitrogens is 4. The molecule has 11 heteroatoms. The zero-order valence-electron chi connectivity index (χ0n) is 18.4. The van der Waals surface area contributed by atoms with E-state index in [0.717, 1.165) is 16.5 Å². The first-order valence-electron chi connectivity index (χ1n) is 10.2. The molecule has 0 aliphatic carbocycles. The quantitative estimate of drug-likeness (QED) is 0.139. The van der Waals surface area contributed by atoms with Gasteiger partial charge in [0.15, 0.2) is 0 Å². The van der Waals surface area contributed by atoms with Crippen LogP contribution in [0.3, 0.4) is 0 Å². The van der Waals surface area contributed by atoms with E-state index >= 15 is 0 Å². The van der Waals surface area contributed by atoms with E-state index < -0.39 is 5.16 Å². The van der Waals surface area contributed by atoms with Crippen molar-refractivity contribution >= 4 is 44.4 Å². The fourth-order valence-electron chi connectivity index (χ4n) is 3.78. The van der Waals surface area contributed by atoms with E-state index in [0.29, 0.717) is 30.0 Å². The molecule has 1 fully saturated rings. The van der Waals surface area contributed by atoms with Crippen LogP contribution in [0.5, 0.6) is 0 Å². The van der Waals surface area contributed by atoms with Crippen molar-refractivity contribution in [1.29, 1.82) is 5.41 Å². The number of hydrogen-bond acceptors (Lipinski definition) is 7. The molecule has 4 rings (SSSR count). The standard InChI is InChI=1S/C23H21N8O2Si/c1-3-19(32)31-12-23(34,9-16(31)11-33-2)29-22-20(21(25)26-13-27-22)17(24)6-4-14-5-7-18-15(8-14)10-28-30-18/h3,5,7-8,10-11,13,24H,1,9,12H2,2H3,(H,28,30)(H3,25,26,27,29)/p+1/b16-11+,24-17?. The number of hydrogen-bond donors (Lipinski definition) is 4. The second kappa shape index (κ2) is 9.30. The summed E-state index contributed by atoms with van der Waals surface area (Å²) in [4.78, 5) is 22.3. The van der Waals surface area contributed by atoms with Crippen LogP contribution >= 0.6 is 0 Å². The molecule has 1 saturated heterocycles. The smallest absolute Gasteiger partial charge is 0.250 e. The van der Waals surface area contributed by atoms with Crippen LogP contribution in [0.4, 0.5) is 11.6 Å². The number of nitrogens with two attached hydrogens (primary N) is 2. The molecule has 0 saturated carbocycles. The minimum Gasteiger partial charge on any atom is -0.503 e. The molecular weight excluding hydrogens is 448 g/mol. The van der Waals surface area contributed by atoms with E-state index in [2.05, 4.69) is 48.8 Å². The third-order valence-electron chi connectivity index (χ3n) is 5.32. The van der Waals surface area contributed by atoms with E-state index in [1.54, 1.807) is 11.1 Å². The van der Waals surface area contributed by atoms with Gasteiger partial charge in [-0.25, -0.2) is 4.98 Å². The second-order valence-corrected chi connectivity index (χ2v) is 8.76. The number of methoxy groups -OCH3 is 1. The van der Waals surface area contributed by atoms with Crippen molar-refractivity contribution in [3.8, 4) is 11.8 Å². The van der Waals surface area contributed by atoms with Gasteiger partial charge < -0.3 is 15.4 Å². The molecule has 10 nitrogen and oxygen atoms in total. The van der Waals surface area contributed by atoms with Crippen molar-refractivity contribution in [2.45, 2.75) is 11.6 Å². The minimum absolute atomic E-state index is 0.0171. The second-order valence-electron chi connectivity index (χ2n) is 7.77. The Hall–Kier alpha value is -4.27. The summed E-state index contributed by atoms with van der Waals surface area (Å²) in [5.74, 6) is 6.19. The molecule has 6 N–H and O–H groups in total. The van der Waals surface area contributed by atoms with Crippen LogP contribution in [-0.2, 0) is 9.53 Å². The van der Waals surface area contributed by atoms with Crippen LogP contribution < -0.4 is 11.1 Å². The van der Waals surface area contributed by atoms with Crippen LogP contribution in [-0.4, -0.2) is 65.7 Å². The molecule has 1 aromatic carbocycles. The van der Waals surface area contributed by atoms with Crippen molar-refractivity contribution in [3.05, 3.63) is 66.5 Å². The van der Waals surface area contributed by atoms with Crippen LogP contribution in [0.2, 0.25) is 0 Å². The van der Waals surface area contributed by atoms with Crippen molar-refractivity contribution in [3.63, 3.8) is 0 Å². The lowest BCUT2D eigenvalue weighted by atomic mass is 10.1. The summed E-state index contributed by atoms with van der Waals surface area (Å²) in [6.45, 7) is 3.88. The van der Waals surface area contributed by atoms with Crippen LogP contribution in [0.15, 0.2) is 55.3 Å². The summed E-state index contributed by atoms with van der Waals surface area (Å²) >= 11 is 0. The Morgan fingerprint density at radius 2 is 2.29 bits per heavy atom. The van der Waals surface area contributed by atoms with E-state index in [1.807, 2.05) is 23.5 Å². The summed E-state index contributed by atoms with van der Waals surface area (Å²) < 4.78 is 5.14. The maximum Gasteiger partial charge on any atom is 0.250 e. The molecule has 1 unspecified atom stereocenters. The maximum atomic E-state index is 12.3. The molecule has 1 aliphatic heterocycles. The van der Waals surface area contributed by atoms with E-state index in [9.17, 15) is 4.79 Å². The number of ether oxygens (including phenoxy) is 1. The van der Waals surface area contributed by atoms with Crippen LogP contribution in [0.1, 0.15) is 17.5 Å². The number of benzene rings is 1. The number of anilines is 1. The van der Waals surface area contributed by atoms with Gasteiger partial charge in [-0.1, -0.05) is 12.5 Å². The molecule has 1 amide bonds. The molecule has 3 radical (unpaired) electrons. The SMILES string of the molecule is C=CC(=O)N1CC([Si])([NH2+]c2ncnc(N)c2C(=N)C#Cc2ccc3[nH]ncc3c2)C/C1=C\OC. The summed E-state index contributed by atoms with van der Waals surface area (Å²) in [7, 11) is 5.32. The number of carbonyl (C=O) groups is 1. The highest BCUT2D eigenvalue weighted by Gasteiger charge is 2.43. The monoisotopic (exact) mass is 470 g/mol. The molecule has 34 heavy (non-hydrogen) atoms. The van der Waals surface area contributed by atoms with Crippen LogP contribution in [0, 0.1) is 17.3 Å². The van der Waals surface area contributed by atoms with Crippen molar-refractivity contribution < 1.29 is 14.8 Å². The lowest BCUT2D eigenvalue weighted by molar-refractivity contribution is -0.628. The lowest BCUT2D eigenvalue weighted by Gasteiger charge is -2.22. The Labute approximate surface area is 199 Å². The van der Waals surface area contributed by atoms with Crippen molar-refractivity contribution in [2.75, 3.05) is 19.4 Å². The first kappa shape index (κ1) is 22.9. The summed E-state index contributed by atoms with van der Waals surface area (Å²) in [5.41, 5.74) is 8.76. The Kier molecular flexibility index (Phi) is 6.27. The predicted octanol–water partition coefficient (Wildman–Crippen LogP) is 0.320. The average Bonchev–Trinajstić information content (AvgIpc) is 3.41. The van der Waals surface area contributed by atoms with Gasteiger partial charge in [0, 0.05) is 17.4 Å². The first-order valence-corrected chi connectivity index (χ1v) is 10.7. The third kappa shape index (κ3) is 4.58. The molecule has 0 spiro atoms. The normalized spacial score (nSPS) is 18.5. The van der Waals surface area contributed by atoms with Gasteiger partial charge in [0.2, 0.25) is 11.7 Å². The first-order chi connectivity index (χ1) is 16.3. The van der Waals surface area contributed by atoms with E-state index in [-0.39, 0.29) is 17.4 Å². The van der Waals surface area contributed by atoms with Gasteiger partial charge in [-0.05, 0) is 30.2 Å². The predicted molar refractivity (Wildman–Crippen MR) is 128 cm³/mol. The molecule has 2 aromatic heterocycles. The summed E-state index contributed by atoms with van der Waals surface area (Å²) in [6.07, 6.45) is 6.27. The van der Waals surface area contributed by atoms with Gasteiger partial charge in [0.05, 0.1) is 31.1 Å². The minimum atomic E-state index is -0.668. The van der Waals surface area contributed by atoms with Gasteiger partial charge in [0.25, 0.3) is 0 Å². The number of aromatic amines is 1. The van der Waals surface area contributed by atoms with Crippen molar-refractivity contribution in [1.82, 2.24) is 25.1 Å². The molecule has 1 aliphatic rings. The third-order valence-corrected chi connectivity index (χ3v) is 5.80. The number of likely N-dealkylation sites (tertiary alicyclic amines) is 1. The Morgan fingerprint density at radius 1 is 1.47 bits per heavy atom. The zero-order valence-corrected chi connectivity index (χ0v) is 19.4. The largest absolute Gasteiger partial charge is 0.503 e. The van der Waals surface area contributed by atoms with E-state index in [1.165, 1.54) is 25.8 Å². The highest BCUT2D eigenvalue weighted by molar-refractivity contribution is 6.17. The Bertz CT molecular complexity index is 1390. The number of nitrogens with zero attached hydrogens (tertiary/aromatic N) is 4. The number of nitrogens with one attached hydrogen (secondary N) is 2. The highest BCUT2D eigenvalue weighted by atomic mass is 28.1. The molecule has 169 valence electrons. The fraction of sp³-hybridized carbons (Fsp3) is 0.174.